The van der Waals surface area contributed by atoms with Gasteiger partial charge in [0.05, 0.1) is 11.4 Å². The number of hydrogen-bond donors (Lipinski definition) is 1. The van der Waals surface area contributed by atoms with Crippen LogP contribution in [0.15, 0.2) is 45.5 Å². The Bertz CT molecular complexity index is 926. The zero-order chi connectivity index (χ0) is 20.1. The molecule has 1 saturated heterocycles. The number of benzene rings is 1. The summed E-state index contributed by atoms with van der Waals surface area (Å²) in [6.07, 6.45) is 0.295. The van der Waals surface area contributed by atoms with Crippen LogP contribution in [0.3, 0.4) is 0 Å². The van der Waals surface area contributed by atoms with E-state index in [0.717, 1.165) is 0 Å². The lowest BCUT2D eigenvalue weighted by Crippen LogP contribution is -2.49. The first-order chi connectivity index (χ1) is 13.4. The maximum absolute atomic E-state index is 13.9. The first kappa shape index (κ1) is 20.8. The van der Waals surface area contributed by atoms with Crippen LogP contribution in [-0.4, -0.2) is 57.1 Å². The minimum Gasteiger partial charge on any atom is -0.444 e. The second kappa shape index (κ2) is 9.06. The largest absolute Gasteiger partial charge is 0.444 e. The van der Waals surface area contributed by atoms with Crippen molar-refractivity contribution in [3.63, 3.8) is 0 Å². The fourth-order valence-corrected chi connectivity index (χ4v) is 4.82. The van der Waals surface area contributed by atoms with Gasteiger partial charge in [0, 0.05) is 32.7 Å². The predicted molar refractivity (Wildman–Crippen MR) is 107 cm³/mol. The number of anilines is 1. The molecule has 0 radical (unpaired) electrons. The molecule has 1 aliphatic rings. The molecule has 1 N–H and O–H groups in total. The van der Waals surface area contributed by atoms with Crippen molar-refractivity contribution < 1.29 is 22.0 Å². The molecule has 7 nitrogen and oxygen atoms in total. The molecular weight excluding hydrogens is 453 g/mol. The number of amides is 1. The second-order valence-electron chi connectivity index (χ2n) is 6.37. The predicted octanol–water partition coefficient (Wildman–Crippen LogP) is 2.45. The summed E-state index contributed by atoms with van der Waals surface area (Å²) < 4.78 is 45.9. The molecule has 1 aromatic carbocycles. The fraction of sp³-hybridized carbons (Fsp3) is 0.389. The van der Waals surface area contributed by atoms with Gasteiger partial charge in [0.1, 0.15) is 5.82 Å². The summed E-state index contributed by atoms with van der Waals surface area (Å²) >= 11 is 3.12. The summed E-state index contributed by atoms with van der Waals surface area (Å²) in [5.74, 6) is -0.590. The summed E-state index contributed by atoms with van der Waals surface area (Å²) in [5.41, 5.74) is 0.492. The number of carbonyl (C=O) groups excluding carboxylic acids is 1. The van der Waals surface area contributed by atoms with Gasteiger partial charge in [-0.05, 0) is 46.6 Å². The number of nitrogens with one attached hydrogen (secondary N) is 1. The van der Waals surface area contributed by atoms with Gasteiger partial charge in [-0.15, -0.1) is 0 Å². The van der Waals surface area contributed by atoms with E-state index in [9.17, 15) is 17.6 Å². The minimum atomic E-state index is -3.43. The van der Waals surface area contributed by atoms with Crippen molar-refractivity contribution in [2.24, 2.45) is 0 Å². The molecule has 0 saturated carbocycles. The molecule has 0 unspecified atom stereocenters. The molecule has 10 heteroatoms. The lowest BCUT2D eigenvalue weighted by molar-refractivity contribution is 0.0924. The number of halogens is 2. The topological polar surface area (TPSA) is 82.9 Å². The zero-order valence-electron chi connectivity index (χ0n) is 15.1. The van der Waals surface area contributed by atoms with Crippen LogP contribution in [0.5, 0.6) is 0 Å². The fourth-order valence-electron chi connectivity index (χ4n) is 3.02. The van der Waals surface area contributed by atoms with Crippen molar-refractivity contribution >= 4 is 37.5 Å². The standard InChI is InChI=1S/C18H21BrFN3O4S/c19-17-7-6-16(27-17)18(24)21-8-3-13-28(25,26)23-11-9-22(10-12-23)15-5-2-1-4-14(15)20/h1-2,4-7H,3,8-13H2,(H,21,24). The van der Waals surface area contributed by atoms with Gasteiger partial charge in [-0.1, -0.05) is 12.1 Å². The SMILES string of the molecule is O=C(NCCCS(=O)(=O)N1CCN(c2ccccc2F)CC1)c1ccc(Br)o1. The van der Waals surface area contributed by atoms with E-state index < -0.39 is 10.0 Å². The molecule has 1 amide bonds. The van der Waals surface area contributed by atoms with Crippen LogP contribution in [0.2, 0.25) is 0 Å². The smallest absolute Gasteiger partial charge is 0.287 e. The van der Waals surface area contributed by atoms with Crippen molar-refractivity contribution in [2.45, 2.75) is 6.42 Å². The monoisotopic (exact) mass is 473 g/mol. The van der Waals surface area contributed by atoms with Crippen LogP contribution < -0.4 is 10.2 Å². The van der Waals surface area contributed by atoms with E-state index in [4.69, 9.17) is 4.42 Å². The van der Waals surface area contributed by atoms with Crippen LogP contribution in [0.1, 0.15) is 17.0 Å². The van der Waals surface area contributed by atoms with Crippen molar-refractivity contribution in [3.05, 3.63) is 52.6 Å². The normalized spacial score (nSPS) is 15.6. The summed E-state index contributed by atoms with van der Waals surface area (Å²) in [7, 11) is -3.43. The lowest BCUT2D eigenvalue weighted by atomic mass is 10.2. The molecule has 0 bridgehead atoms. The van der Waals surface area contributed by atoms with Gasteiger partial charge in [-0.3, -0.25) is 4.79 Å². The van der Waals surface area contributed by atoms with Crippen LogP contribution in [0.25, 0.3) is 0 Å². The highest BCUT2D eigenvalue weighted by Gasteiger charge is 2.27. The third-order valence-electron chi connectivity index (χ3n) is 4.49. The number of carbonyl (C=O) groups is 1. The molecule has 0 atom stereocenters. The van der Waals surface area contributed by atoms with Gasteiger partial charge in [0.2, 0.25) is 10.0 Å². The molecule has 1 aromatic heterocycles. The molecule has 2 heterocycles. The highest BCUT2D eigenvalue weighted by molar-refractivity contribution is 9.10. The number of nitrogens with zero attached hydrogens (tertiary/aromatic N) is 2. The Morgan fingerprint density at radius 2 is 1.86 bits per heavy atom. The summed E-state index contributed by atoms with van der Waals surface area (Å²) in [6, 6.07) is 9.62. The maximum Gasteiger partial charge on any atom is 0.287 e. The number of furan rings is 1. The number of piperazine rings is 1. The van der Waals surface area contributed by atoms with E-state index in [0.29, 0.717) is 43.0 Å². The Balaban J connectivity index is 1.44. The quantitative estimate of drug-likeness (QED) is 0.624. The van der Waals surface area contributed by atoms with Gasteiger partial charge >= 0.3 is 0 Å². The minimum absolute atomic E-state index is 0.0607. The number of sulfonamides is 1. The zero-order valence-corrected chi connectivity index (χ0v) is 17.5. The molecule has 3 rings (SSSR count). The Morgan fingerprint density at radius 3 is 2.50 bits per heavy atom. The molecular formula is C18H21BrFN3O4S. The van der Waals surface area contributed by atoms with Crippen molar-refractivity contribution in [3.8, 4) is 0 Å². The van der Waals surface area contributed by atoms with E-state index in [1.54, 1.807) is 24.3 Å². The van der Waals surface area contributed by atoms with Crippen molar-refractivity contribution in [2.75, 3.05) is 43.4 Å². The summed E-state index contributed by atoms with van der Waals surface area (Å²) in [6.45, 7) is 1.72. The molecule has 152 valence electrons. The van der Waals surface area contributed by atoms with E-state index >= 15 is 0 Å². The molecule has 1 fully saturated rings. The van der Waals surface area contributed by atoms with Crippen LogP contribution in [0, 0.1) is 5.82 Å². The van der Waals surface area contributed by atoms with Crippen molar-refractivity contribution in [1.29, 1.82) is 0 Å². The number of rotatable bonds is 7. The van der Waals surface area contributed by atoms with Crippen molar-refractivity contribution in [1.82, 2.24) is 9.62 Å². The van der Waals surface area contributed by atoms with E-state index in [2.05, 4.69) is 21.2 Å². The Hall–Kier alpha value is -1.91. The molecule has 28 heavy (non-hydrogen) atoms. The average molecular weight is 474 g/mol. The van der Waals surface area contributed by atoms with Gasteiger partial charge in [-0.2, -0.15) is 4.31 Å². The first-order valence-electron chi connectivity index (χ1n) is 8.88. The average Bonchev–Trinajstić information content (AvgIpc) is 3.12. The third-order valence-corrected chi connectivity index (χ3v) is 6.87. The van der Waals surface area contributed by atoms with Gasteiger partial charge in [0.25, 0.3) is 5.91 Å². The molecule has 2 aromatic rings. The highest BCUT2D eigenvalue weighted by Crippen LogP contribution is 2.21. The second-order valence-corrected chi connectivity index (χ2v) is 9.24. The highest BCUT2D eigenvalue weighted by atomic mass is 79.9. The van der Waals surface area contributed by atoms with E-state index in [-0.39, 0.29) is 29.8 Å². The Morgan fingerprint density at radius 1 is 1.14 bits per heavy atom. The molecule has 1 aliphatic heterocycles. The van der Waals surface area contributed by atoms with Gasteiger partial charge in [-0.25, -0.2) is 12.8 Å². The van der Waals surface area contributed by atoms with E-state index in [1.165, 1.54) is 16.4 Å². The van der Waals surface area contributed by atoms with E-state index in [1.807, 2.05) is 4.90 Å². The lowest BCUT2D eigenvalue weighted by Gasteiger charge is -2.35. The first-order valence-corrected chi connectivity index (χ1v) is 11.3. The van der Waals surface area contributed by atoms with Gasteiger partial charge < -0.3 is 14.6 Å². The van der Waals surface area contributed by atoms with Gasteiger partial charge in [0.15, 0.2) is 10.4 Å². The third kappa shape index (κ3) is 5.12. The Labute approximate surface area is 171 Å². The number of hydrogen-bond acceptors (Lipinski definition) is 5. The number of para-hydroxylation sites is 1. The van der Waals surface area contributed by atoms with Crippen LogP contribution >= 0.6 is 15.9 Å². The summed E-state index contributed by atoms with van der Waals surface area (Å²) in [5, 5.41) is 2.64. The Kier molecular flexibility index (Phi) is 6.73. The maximum atomic E-state index is 13.9. The molecule has 0 spiro atoms. The summed E-state index contributed by atoms with van der Waals surface area (Å²) in [4.78, 5) is 13.7. The molecule has 0 aliphatic carbocycles. The van der Waals surface area contributed by atoms with Crippen LogP contribution in [0.4, 0.5) is 10.1 Å². The van der Waals surface area contributed by atoms with Crippen LogP contribution in [-0.2, 0) is 10.0 Å².